The van der Waals surface area contributed by atoms with Gasteiger partial charge >= 0.3 is 0 Å². The molecule has 11 nitrogen and oxygen atoms in total. The van der Waals surface area contributed by atoms with E-state index in [0.717, 1.165) is 5.56 Å². The number of carbonyl (C=O) groups is 1. The van der Waals surface area contributed by atoms with Crippen LogP contribution in [0.1, 0.15) is 19.4 Å². The summed E-state index contributed by atoms with van der Waals surface area (Å²) in [4.78, 5) is 11.9. The standard InChI is InChI=1S/C21H31NO10/c1-10-15(25)17(27)18(28)21(30-10)32-19-14(22-11(2)24)20(31-13(8-23)16(19)26)29-9-12-6-4-3-5-7-12/h3-7,10,13-21,23,25-28H,8-9H2,1-2H3,(H,22,24)/t10-,13-,14-,15+,16+,17+,18-,19-,20+,21+/m1/s1. The first-order valence-electron chi connectivity index (χ1n) is 10.4. The number of hydrogen-bond donors (Lipinski definition) is 6. The van der Waals surface area contributed by atoms with Crippen LogP contribution in [0, 0.1) is 0 Å². The average Bonchev–Trinajstić information content (AvgIpc) is 2.78. The van der Waals surface area contributed by atoms with Crippen molar-refractivity contribution in [3.05, 3.63) is 35.9 Å². The Morgan fingerprint density at radius 2 is 1.69 bits per heavy atom. The van der Waals surface area contributed by atoms with Crippen LogP contribution >= 0.6 is 0 Å². The zero-order chi connectivity index (χ0) is 23.4. The van der Waals surface area contributed by atoms with Gasteiger partial charge in [-0.1, -0.05) is 30.3 Å². The van der Waals surface area contributed by atoms with Gasteiger partial charge in [-0.05, 0) is 12.5 Å². The van der Waals surface area contributed by atoms with Gasteiger partial charge in [0.15, 0.2) is 12.6 Å². The Morgan fingerprint density at radius 1 is 1.00 bits per heavy atom. The van der Waals surface area contributed by atoms with Crippen molar-refractivity contribution in [3.63, 3.8) is 0 Å². The Balaban J connectivity index is 1.81. The molecule has 3 rings (SSSR count). The number of amides is 1. The summed E-state index contributed by atoms with van der Waals surface area (Å²) < 4.78 is 22.8. The molecular formula is C21H31NO10. The van der Waals surface area contributed by atoms with Gasteiger partial charge in [0.05, 0.1) is 19.3 Å². The van der Waals surface area contributed by atoms with Gasteiger partial charge in [-0.25, -0.2) is 0 Å². The van der Waals surface area contributed by atoms with E-state index in [1.54, 1.807) is 0 Å². The first-order chi connectivity index (χ1) is 15.2. The van der Waals surface area contributed by atoms with Crippen LogP contribution in [0.4, 0.5) is 0 Å². The summed E-state index contributed by atoms with van der Waals surface area (Å²) >= 11 is 0. The van der Waals surface area contributed by atoms with Gasteiger partial charge < -0.3 is 49.8 Å². The molecule has 0 bridgehead atoms. The molecule has 2 aliphatic rings. The quantitative estimate of drug-likeness (QED) is 0.269. The van der Waals surface area contributed by atoms with E-state index in [-0.39, 0.29) is 6.61 Å². The highest BCUT2D eigenvalue weighted by molar-refractivity contribution is 5.73. The highest BCUT2D eigenvalue weighted by Gasteiger charge is 2.51. The largest absolute Gasteiger partial charge is 0.394 e. The second-order valence-corrected chi connectivity index (χ2v) is 8.02. The van der Waals surface area contributed by atoms with Crippen molar-refractivity contribution in [3.8, 4) is 0 Å². The summed E-state index contributed by atoms with van der Waals surface area (Å²) in [5, 5.41) is 53.3. The number of nitrogens with one attached hydrogen (secondary N) is 1. The van der Waals surface area contributed by atoms with Gasteiger partial charge in [0.1, 0.15) is 42.7 Å². The van der Waals surface area contributed by atoms with Crippen molar-refractivity contribution in [2.75, 3.05) is 6.61 Å². The van der Waals surface area contributed by atoms with Crippen LogP contribution in [0.3, 0.4) is 0 Å². The molecule has 0 radical (unpaired) electrons. The predicted octanol–water partition coefficient (Wildman–Crippen LogP) is -2.00. The maximum absolute atomic E-state index is 11.9. The molecule has 1 amide bonds. The SMILES string of the molecule is CC(=O)N[C@H]1[C@@H](OCc2ccccc2)O[C@H](CO)[C@H](O)[C@@H]1O[C@@H]1O[C@H](C)[C@H](O)[C@H](O)[C@H]1O. The lowest BCUT2D eigenvalue weighted by atomic mass is 9.95. The monoisotopic (exact) mass is 457 g/mol. The summed E-state index contributed by atoms with van der Waals surface area (Å²) in [6.45, 7) is 2.31. The molecule has 1 aromatic rings. The Kier molecular flexibility index (Phi) is 8.55. The second-order valence-electron chi connectivity index (χ2n) is 8.02. The second kappa shape index (κ2) is 11.0. The van der Waals surface area contributed by atoms with E-state index >= 15 is 0 Å². The molecule has 10 atom stereocenters. The molecule has 0 saturated carbocycles. The fraction of sp³-hybridized carbons (Fsp3) is 0.667. The maximum Gasteiger partial charge on any atom is 0.217 e. The average molecular weight is 457 g/mol. The first kappa shape index (κ1) is 25.0. The zero-order valence-electron chi connectivity index (χ0n) is 17.9. The summed E-state index contributed by atoms with van der Waals surface area (Å²) in [5.41, 5.74) is 0.832. The van der Waals surface area contributed by atoms with Crippen molar-refractivity contribution < 1.29 is 49.3 Å². The minimum absolute atomic E-state index is 0.118. The van der Waals surface area contributed by atoms with Gasteiger partial charge in [0.25, 0.3) is 0 Å². The molecular weight excluding hydrogens is 426 g/mol. The first-order valence-corrected chi connectivity index (χ1v) is 10.4. The molecule has 2 heterocycles. The van der Waals surface area contributed by atoms with Crippen LogP contribution < -0.4 is 5.32 Å². The topological polar surface area (TPSA) is 167 Å². The Hall–Kier alpha value is -1.67. The number of aliphatic hydroxyl groups is 5. The molecule has 2 saturated heterocycles. The van der Waals surface area contributed by atoms with Gasteiger partial charge in [-0.15, -0.1) is 0 Å². The molecule has 6 N–H and O–H groups in total. The van der Waals surface area contributed by atoms with E-state index in [2.05, 4.69) is 5.32 Å². The van der Waals surface area contributed by atoms with Crippen molar-refractivity contribution in [2.45, 2.75) is 81.8 Å². The summed E-state index contributed by atoms with van der Waals surface area (Å²) in [6.07, 6.45) is -11.7. The van der Waals surface area contributed by atoms with Crippen LogP contribution in [0.25, 0.3) is 0 Å². The Labute approximate surface area is 185 Å². The summed E-state index contributed by atoms with van der Waals surface area (Å²) in [6, 6.07) is 8.15. The molecule has 11 heteroatoms. The van der Waals surface area contributed by atoms with Crippen molar-refractivity contribution in [1.82, 2.24) is 5.32 Å². The number of hydrogen-bond acceptors (Lipinski definition) is 10. The van der Waals surface area contributed by atoms with Gasteiger partial charge in [-0.3, -0.25) is 4.79 Å². The van der Waals surface area contributed by atoms with Crippen molar-refractivity contribution in [2.24, 2.45) is 0 Å². The summed E-state index contributed by atoms with van der Waals surface area (Å²) in [5.74, 6) is -0.455. The molecule has 0 aromatic heterocycles. The lowest BCUT2D eigenvalue weighted by Gasteiger charge is -2.47. The van der Waals surface area contributed by atoms with E-state index in [1.165, 1.54) is 13.8 Å². The Bertz CT molecular complexity index is 737. The molecule has 0 spiro atoms. The fourth-order valence-corrected chi connectivity index (χ4v) is 3.79. The van der Waals surface area contributed by atoms with Crippen molar-refractivity contribution >= 4 is 5.91 Å². The van der Waals surface area contributed by atoms with E-state index in [1.807, 2.05) is 30.3 Å². The van der Waals surface area contributed by atoms with Crippen LogP contribution in [0.15, 0.2) is 30.3 Å². The van der Waals surface area contributed by atoms with E-state index in [4.69, 9.17) is 18.9 Å². The van der Waals surface area contributed by atoms with Crippen LogP contribution in [-0.4, -0.2) is 99.4 Å². The number of carbonyl (C=O) groups excluding carboxylic acids is 1. The highest BCUT2D eigenvalue weighted by Crippen LogP contribution is 2.30. The zero-order valence-corrected chi connectivity index (χ0v) is 17.9. The lowest BCUT2D eigenvalue weighted by molar-refractivity contribution is -0.341. The molecule has 180 valence electrons. The molecule has 32 heavy (non-hydrogen) atoms. The smallest absolute Gasteiger partial charge is 0.217 e. The molecule has 0 aliphatic carbocycles. The molecule has 0 unspecified atom stereocenters. The number of rotatable bonds is 7. The number of aliphatic hydroxyl groups excluding tert-OH is 5. The van der Waals surface area contributed by atoms with Gasteiger partial charge in [0, 0.05) is 6.92 Å². The fourth-order valence-electron chi connectivity index (χ4n) is 3.79. The number of benzene rings is 1. The third-order valence-electron chi connectivity index (χ3n) is 5.58. The molecule has 2 aliphatic heterocycles. The molecule has 2 fully saturated rings. The third-order valence-corrected chi connectivity index (χ3v) is 5.58. The van der Waals surface area contributed by atoms with Gasteiger partial charge in [0.2, 0.25) is 5.91 Å². The minimum Gasteiger partial charge on any atom is -0.394 e. The van der Waals surface area contributed by atoms with Crippen LogP contribution in [0.5, 0.6) is 0 Å². The van der Waals surface area contributed by atoms with Crippen LogP contribution in [0.2, 0.25) is 0 Å². The minimum atomic E-state index is -1.62. The Morgan fingerprint density at radius 3 is 2.31 bits per heavy atom. The maximum atomic E-state index is 11.9. The van der Waals surface area contributed by atoms with Crippen molar-refractivity contribution in [1.29, 1.82) is 0 Å². The number of ether oxygens (including phenoxy) is 4. The normalized spacial score (nSPS) is 40.1. The predicted molar refractivity (Wildman–Crippen MR) is 108 cm³/mol. The lowest BCUT2D eigenvalue weighted by Crippen LogP contribution is -2.67. The third kappa shape index (κ3) is 5.63. The van der Waals surface area contributed by atoms with Gasteiger partial charge in [-0.2, -0.15) is 0 Å². The van der Waals surface area contributed by atoms with E-state index in [9.17, 15) is 30.3 Å². The van der Waals surface area contributed by atoms with Crippen LogP contribution in [-0.2, 0) is 30.3 Å². The molecule has 1 aromatic carbocycles. The van der Waals surface area contributed by atoms with E-state index < -0.39 is 73.9 Å². The van der Waals surface area contributed by atoms with E-state index in [0.29, 0.717) is 0 Å². The highest BCUT2D eigenvalue weighted by atomic mass is 16.7. The summed E-state index contributed by atoms with van der Waals surface area (Å²) in [7, 11) is 0.